The van der Waals surface area contributed by atoms with Crippen molar-refractivity contribution in [1.29, 1.82) is 0 Å². The summed E-state index contributed by atoms with van der Waals surface area (Å²) in [5.41, 5.74) is 0.438. The van der Waals surface area contributed by atoms with E-state index in [0.717, 1.165) is 5.56 Å². The molecule has 0 aliphatic carbocycles. The third-order valence-electron chi connectivity index (χ3n) is 3.07. The number of methoxy groups -OCH3 is 1. The number of amides is 1. The van der Waals surface area contributed by atoms with E-state index in [0.29, 0.717) is 6.54 Å². The van der Waals surface area contributed by atoms with Crippen LogP contribution in [0.3, 0.4) is 0 Å². The van der Waals surface area contributed by atoms with Gasteiger partial charge in [0.2, 0.25) is 0 Å². The Morgan fingerprint density at radius 3 is 2.30 bits per heavy atom. The summed E-state index contributed by atoms with van der Waals surface area (Å²) in [6.45, 7) is 7.55. The second-order valence-electron chi connectivity index (χ2n) is 6.30. The highest BCUT2D eigenvalue weighted by molar-refractivity contribution is 5.78. The van der Waals surface area contributed by atoms with E-state index in [1.807, 2.05) is 30.3 Å². The molecule has 0 fully saturated rings. The molecule has 1 rings (SSSR count). The Kier molecular flexibility index (Phi) is 7.03. The van der Waals surface area contributed by atoms with Crippen LogP contribution in [-0.4, -0.2) is 36.9 Å². The quantitative estimate of drug-likeness (QED) is 0.786. The molecule has 1 aromatic rings. The molecule has 0 aromatic heterocycles. The fraction of sp³-hybridized carbons (Fsp3) is 0.529. The summed E-state index contributed by atoms with van der Waals surface area (Å²) in [5.74, 6) is -0.440. The third kappa shape index (κ3) is 7.15. The predicted molar refractivity (Wildman–Crippen MR) is 87.9 cm³/mol. The van der Waals surface area contributed by atoms with E-state index < -0.39 is 29.7 Å². The topological polar surface area (TPSA) is 76.7 Å². The van der Waals surface area contributed by atoms with Crippen molar-refractivity contribution in [3.8, 4) is 0 Å². The van der Waals surface area contributed by atoms with Gasteiger partial charge in [0, 0.05) is 6.54 Å². The third-order valence-corrected chi connectivity index (χ3v) is 3.07. The molecule has 0 saturated carbocycles. The van der Waals surface area contributed by atoms with E-state index in [1.165, 1.54) is 7.11 Å². The van der Waals surface area contributed by atoms with Gasteiger partial charge in [-0.15, -0.1) is 0 Å². The molecule has 1 amide bonds. The van der Waals surface area contributed by atoms with Gasteiger partial charge in [-0.2, -0.15) is 0 Å². The van der Waals surface area contributed by atoms with Crippen LogP contribution in [0.1, 0.15) is 33.3 Å². The highest BCUT2D eigenvalue weighted by atomic mass is 16.6. The Hall–Kier alpha value is -2.08. The van der Waals surface area contributed by atoms with Crippen molar-refractivity contribution in [1.82, 2.24) is 10.6 Å². The molecular weight excluding hydrogens is 296 g/mol. The predicted octanol–water partition coefficient (Wildman–Crippen LogP) is 2.23. The molecule has 1 aromatic carbocycles. The smallest absolute Gasteiger partial charge is 0.407 e. The van der Waals surface area contributed by atoms with Gasteiger partial charge in [-0.3, -0.25) is 10.1 Å². The molecule has 6 nitrogen and oxygen atoms in total. The lowest BCUT2D eigenvalue weighted by Gasteiger charge is -2.26. The van der Waals surface area contributed by atoms with Crippen molar-refractivity contribution in [2.24, 2.45) is 0 Å². The summed E-state index contributed by atoms with van der Waals surface area (Å²) in [4.78, 5) is 23.8. The van der Waals surface area contributed by atoms with Gasteiger partial charge in [-0.05, 0) is 33.3 Å². The van der Waals surface area contributed by atoms with E-state index in [2.05, 4.69) is 10.6 Å². The molecule has 2 atom stereocenters. The molecule has 0 radical (unpaired) electrons. The fourth-order valence-corrected chi connectivity index (χ4v) is 1.99. The van der Waals surface area contributed by atoms with Gasteiger partial charge in [-0.1, -0.05) is 30.3 Å². The van der Waals surface area contributed by atoms with Crippen LogP contribution in [0.5, 0.6) is 0 Å². The lowest BCUT2D eigenvalue weighted by molar-refractivity contribution is -0.143. The van der Waals surface area contributed by atoms with Gasteiger partial charge in [0.1, 0.15) is 11.6 Å². The van der Waals surface area contributed by atoms with E-state index in [4.69, 9.17) is 9.47 Å². The number of alkyl carbamates (subject to hydrolysis) is 1. The summed E-state index contributed by atoms with van der Waals surface area (Å²) >= 11 is 0. The van der Waals surface area contributed by atoms with Crippen LogP contribution in [0.4, 0.5) is 4.79 Å². The number of carbonyl (C=O) groups excluding carboxylic acids is 2. The molecule has 128 valence electrons. The lowest BCUT2D eigenvalue weighted by Crippen LogP contribution is -2.53. The highest BCUT2D eigenvalue weighted by Gasteiger charge is 2.28. The first kappa shape index (κ1) is 19.0. The molecule has 0 unspecified atom stereocenters. The molecule has 2 N–H and O–H groups in total. The largest absolute Gasteiger partial charge is 0.468 e. The minimum Gasteiger partial charge on any atom is -0.468 e. The van der Waals surface area contributed by atoms with Crippen LogP contribution in [0.15, 0.2) is 30.3 Å². The Bertz CT molecular complexity index is 511. The minimum absolute atomic E-state index is 0.440. The van der Waals surface area contributed by atoms with Gasteiger partial charge in [0.15, 0.2) is 0 Å². The van der Waals surface area contributed by atoms with Crippen LogP contribution in [0, 0.1) is 0 Å². The molecule has 0 heterocycles. The van der Waals surface area contributed by atoms with Crippen LogP contribution in [0.2, 0.25) is 0 Å². The Morgan fingerprint density at radius 2 is 1.78 bits per heavy atom. The summed E-state index contributed by atoms with van der Waals surface area (Å²) in [6, 6.07) is 8.52. The van der Waals surface area contributed by atoms with Crippen molar-refractivity contribution in [3.63, 3.8) is 0 Å². The first-order valence-electron chi connectivity index (χ1n) is 7.57. The van der Waals surface area contributed by atoms with E-state index >= 15 is 0 Å². The average Bonchev–Trinajstić information content (AvgIpc) is 2.46. The minimum atomic E-state index is -0.673. The molecule has 0 aliphatic rings. The van der Waals surface area contributed by atoms with Crippen LogP contribution in [-0.2, 0) is 20.8 Å². The second kappa shape index (κ2) is 8.53. The monoisotopic (exact) mass is 322 g/mol. The van der Waals surface area contributed by atoms with Crippen LogP contribution in [0.25, 0.3) is 0 Å². The number of hydrogen-bond donors (Lipinski definition) is 2. The lowest BCUT2D eigenvalue weighted by atomic mass is 10.1. The fourth-order valence-electron chi connectivity index (χ4n) is 1.99. The molecule has 0 spiro atoms. The molecule has 0 saturated heterocycles. The maximum absolute atomic E-state index is 12.0. The zero-order valence-electron chi connectivity index (χ0n) is 14.4. The van der Waals surface area contributed by atoms with Crippen LogP contribution < -0.4 is 10.6 Å². The van der Waals surface area contributed by atoms with Crippen LogP contribution >= 0.6 is 0 Å². The normalized spacial score (nSPS) is 13.8. The van der Waals surface area contributed by atoms with E-state index in [9.17, 15) is 9.59 Å². The Balaban J connectivity index is 2.65. The van der Waals surface area contributed by atoms with Crippen molar-refractivity contribution in [2.75, 3.05) is 7.11 Å². The highest BCUT2D eigenvalue weighted by Crippen LogP contribution is 2.08. The van der Waals surface area contributed by atoms with Gasteiger partial charge >= 0.3 is 12.1 Å². The maximum Gasteiger partial charge on any atom is 0.407 e. The number of rotatable bonds is 6. The van der Waals surface area contributed by atoms with Gasteiger partial charge in [0.05, 0.1) is 13.2 Å². The zero-order chi connectivity index (χ0) is 17.5. The van der Waals surface area contributed by atoms with Crippen molar-refractivity contribution < 1.29 is 19.1 Å². The summed E-state index contributed by atoms with van der Waals surface area (Å²) in [5, 5.41) is 5.77. The summed E-state index contributed by atoms with van der Waals surface area (Å²) < 4.78 is 10.0. The zero-order valence-corrected chi connectivity index (χ0v) is 14.4. The Morgan fingerprint density at radius 1 is 1.17 bits per heavy atom. The van der Waals surface area contributed by atoms with Gasteiger partial charge in [-0.25, -0.2) is 4.79 Å². The number of benzene rings is 1. The summed E-state index contributed by atoms with van der Waals surface area (Å²) in [6.07, 6.45) is -0.569. The molecule has 0 bridgehead atoms. The van der Waals surface area contributed by atoms with E-state index in [-0.39, 0.29) is 0 Å². The molecule has 0 aliphatic heterocycles. The molecule has 23 heavy (non-hydrogen) atoms. The number of nitrogens with one attached hydrogen (secondary N) is 2. The second-order valence-corrected chi connectivity index (χ2v) is 6.30. The first-order valence-corrected chi connectivity index (χ1v) is 7.57. The molecule has 6 heteroatoms. The number of esters is 1. The van der Waals surface area contributed by atoms with Crippen molar-refractivity contribution in [2.45, 2.75) is 51.9 Å². The average molecular weight is 322 g/mol. The molecular formula is C17H26N2O4. The maximum atomic E-state index is 12.0. The van der Waals surface area contributed by atoms with Gasteiger partial charge in [0.25, 0.3) is 0 Å². The van der Waals surface area contributed by atoms with Crippen molar-refractivity contribution in [3.05, 3.63) is 35.9 Å². The Labute approximate surface area is 137 Å². The number of carbonyl (C=O) groups is 2. The summed E-state index contributed by atoms with van der Waals surface area (Å²) in [7, 11) is 1.32. The first-order chi connectivity index (χ1) is 10.7. The number of hydrogen-bond acceptors (Lipinski definition) is 5. The standard InChI is InChI=1S/C17H26N2O4/c1-12(19-16(21)23-17(2,3)4)14(15(20)22-5)18-11-13-9-7-6-8-10-13/h6-10,12,14,18H,11H2,1-5H3,(H,19,21)/t12-,14+/m0/s1. The number of ether oxygens (including phenoxy) is 2. The SMILES string of the molecule is COC(=O)[C@H](NCc1ccccc1)[C@H](C)NC(=O)OC(C)(C)C. The van der Waals surface area contributed by atoms with Gasteiger partial charge < -0.3 is 14.8 Å². The van der Waals surface area contributed by atoms with Crippen molar-refractivity contribution >= 4 is 12.1 Å². The van der Waals surface area contributed by atoms with E-state index in [1.54, 1.807) is 27.7 Å².